The number of hydrogen-bond acceptors (Lipinski definition) is 4. The molecule has 2 rings (SSSR count). The third-order valence-electron chi connectivity index (χ3n) is 2.83. The van der Waals surface area contributed by atoms with Crippen molar-refractivity contribution in [1.82, 2.24) is 0 Å². The number of aryl methyl sites for hydroxylation is 1. The zero-order valence-electron chi connectivity index (χ0n) is 11.7. The number of carbonyl (C=O) groups is 1. The Kier molecular flexibility index (Phi) is 4.25. The molecule has 1 heterocycles. The Morgan fingerprint density at radius 3 is 2.55 bits per heavy atom. The second-order valence-electron chi connectivity index (χ2n) is 4.21. The molecule has 0 spiro atoms. The van der Waals surface area contributed by atoms with Crippen LogP contribution in [-0.4, -0.2) is 20.0 Å². The number of furan rings is 1. The molecular weight excluding hydrogens is 256 g/mol. The van der Waals surface area contributed by atoms with E-state index in [0.717, 1.165) is 5.76 Å². The van der Waals surface area contributed by atoms with E-state index in [9.17, 15) is 4.79 Å². The topological polar surface area (TPSA) is 48.7 Å². The lowest BCUT2D eigenvalue weighted by molar-refractivity contribution is 0.104. The molecule has 1 aromatic heterocycles. The van der Waals surface area contributed by atoms with Crippen molar-refractivity contribution in [2.24, 2.45) is 0 Å². The van der Waals surface area contributed by atoms with Gasteiger partial charge in [-0.25, -0.2) is 0 Å². The van der Waals surface area contributed by atoms with Gasteiger partial charge in [0.15, 0.2) is 5.78 Å². The maximum absolute atomic E-state index is 12.2. The summed E-state index contributed by atoms with van der Waals surface area (Å²) < 4.78 is 15.7. The van der Waals surface area contributed by atoms with Gasteiger partial charge in [-0.3, -0.25) is 4.79 Å². The summed E-state index contributed by atoms with van der Waals surface area (Å²) in [5, 5.41) is 0. The highest BCUT2D eigenvalue weighted by Crippen LogP contribution is 2.25. The van der Waals surface area contributed by atoms with E-state index < -0.39 is 0 Å². The van der Waals surface area contributed by atoms with E-state index in [4.69, 9.17) is 13.9 Å². The number of rotatable bonds is 5. The van der Waals surface area contributed by atoms with Crippen LogP contribution in [0.3, 0.4) is 0 Å². The predicted molar refractivity (Wildman–Crippen MR) is 76.4 cm³/mol. The summed E-state index contributed by atoms with van der Waals surface area (Å²) in [5.74, 6) is 2.42. The normalized spacial score (nSPS) is 10.8. The van der Waals surface area contributed by atoms with Crippen LogP contribution >= 0.6 is 0 Å². The van der Waals surface area contributed by atoms with Crippen molar-refractivity contribution >= 4 is 11.9 Å². The molecule has 0 fully saturated rings. The molecule has 0 N–H and O–H groups in total. The van der Waals surface area contributed by atoms with Crippen LogP contribution in [0.25, 0.3) is 6.08 Å². The average molecular weight is 272 g/mol. The standard InChI is InChI=1S/C16H16O4/c1-11-4-5-12(20-11)7-9-15(17)14-8-6-13(18-2)10-16(14)19-3/h4-10H,1-3H3/b9-7+. The van der Waals surface area contributed by atoms with Gasteiger partial charge in [-0.2, -0.15) is 0 Å². The molecule has 0 aliphatic rings. The lowest BCUT2D eigenvalue weighted by atomic mass is 10.1. The van der Waals surface area contributed by atoms with Crippen molar-refractivity contribution in [3.63, 3.8) is 0 Å². The Labute approximate surface area is 117 Å². The first-order valence-corrected chi connectivity index (χ1v) is 6.15. The summed E-state index contributed by atoms with van der Waals surface area (Å²) in [6.07, 6.45) is 3.10. The van der Waals surface area contributed by atoms with Crippen LogP contribution < -0.4 is 9.47 Å². The van der Waals surface area contributed by atoms with Crippen molar-refractivity contribution in [1.29, 1.82) is 0 Å². The van der Waals surface area contributed by atoms with Crippen LogP contribution in [0.15, 0.2) is 40.8 Å². The van der Waals surface area contributed by atoms with Gasteiger partial charge in [0, 0.05) is 6.07 Å². The van der Waals surface area contributed by atoms with Crippen LogP contribution in [0, 0.1) is 6.92 Å². The van der Waals surface area contributed by atoms with Gasteiger partial charge in [0.2, 0.25) is 0 Å². The summed E-state index contributed by atoms with van der Waals surface area (Å²) in [4.78, 5) is 12.2. The fraction of sp³-hybridized carbons (Fsp3) is 0.188. The molecule has 0 unspecified atom stereocenters. The van der Waals surface area contributed by atoms with E-state index in [1.807, 2.05) is 19.1 Å². The van der Waals surface area contributed by atoms with E-state index >= 15 is 0 Å². The molecule has 2 aromatic rings. The van der Waals surface area contributed by atoms with Crippen LogP contribution in [0.1, 0.15) is 21.9 Å². The summed E-state index contributed by atoms with van der Waals surface area (Å²) in [6, 6.07) is 8.74. The number of carbonyl (C=O) groups excluding carboxylic acids is 1. The van der Waals surface area contributed by atoms with Crippen LogP contribution in [0.4, 0.5) is 0 Å². The molecule has 0 aliphatic carbocycles. The summed E-state index contributed by atoms with van der Waals surface area (Å²) >= 11 is 0. The summed E-state index contributed by atoms with van der Waals surface area (Å²) in [7, 11) is 3.08. The van der Waals surface area contributed by atoms with Crippen molar-refractivity contribution in [2.45, 2.75) is 6.92 Å². The molecule has 0 saturated heterocycles. The molecule has 0 bridgehead atoms. The molecule has 4 heteroatoms. The summed E-state index contributed by atoms with van der Waals surface area (Å²) in [6.45, 7) is 1.85. The smallest absolute Gasteiger partial charge is 0.189 e. The van der Waals surface area contributed by atoms with E-state index in [2.05, 4.69) is 0 Å². The van der Waals surface area contributed by atoms with Crippen molar-refractivity contribution in [2.75, 3.05) is 14.2 Å². The minimum absolute atomic E-state index is 0.154. The van der Waals surface area contributed by atoms with Gasteiger partial charge in [0.1, 0.15) is 23.0 Å². The lowest BCUT2D eigenvalue weighted by Crippen LogP contribution is -1.99. The molecule has 0 radical (unpaired) electrons. The van der Waals surface area contributed by atoms with E-state index in [0.29, 0.717) is 22.8 Å². The largest absolute Gasteiger partial charge is 0.497 e. The Hall–Kier alpha value is -2.49. The fourth-order valence-corrected chi connectivity index (χ4v) is 1.79. The highest BCUT2D eigenvalue weighted by atomic mass is 16.5. The SMILES string of the molecule is COc1ccc(C(=O)/C=C/c2ccc(C)o2)c(OC)c1. The lowest BCUT2D eigenvalue weighted by Gasteiger charge is -2.07. The number of ether oxygens (including phenoxy) is 2. The van der Waals surface area contributed by atoms with Crippen LogP contribution in [0.2, 0.25) is 0 Å². The molecule has 0 aliphatic heterocycles. The minimum atomic E-state index is -0.154. The predicted octanol–water partition coefficient (Wildman–Crippen LogP) is 3.50. The van der Waals surface area contributed by atoms with E-state index in [1.54, 1.807) is 31.4 Å². The van der Waals surface area contributed by atoms with Crippen LogP contribution in [0.5, 0.6) is 11.5 Å². The molecule has 20 heavy (non-hydrogen) atoms. The maximum atomic E-state index is 12.2. The fourth-order valence-electron chi connectivity index (χ4n) is 1.79. The van der Waals surface area contributed by atoms with Crippen molar-refractivity contribution < 1.29 is 18.7 Å². The highest BCUT2D eigenvalue weighted by molar-refractivity contribution is 6.08. The molecule has 0 saturated carbocycles. The van der Waals surface area contributed by atoms with Gasteiger partial charge < -0.3 is 13.9 Å². The van der Waals surface area contributed by atoms with E-state index in [1.165, 1.54) is 13.2 Å². The zero-order valence-corrected chi connectivity index (χ0v) is 11.7. The first-order valence-electron chi connectivity index (χ1n) is 6.15. The maximum Gasteiger partial charge on any atom is 0.189 e. The summed E-state index contributed by atoms with van der Waals surface area (Å²) in [5.41, 5.74) is 0.479. The number of hydrogen-bond donors (Lipinski definition) is 0. The first-order chi connectivity index (χ1) is 9.63. The number of methoxy groups -OCH3 is 2. The Balaban J connectivity index is 2.22. The number of benzene rings is 1. The monoisotopic (exact) mass is 272 g/mol. The number of ketones is 1. The Bertz CT molecular complexity index is 638. The van der Waals surface area contributed by atoms with E-state index in [-0.39, 0.29) is 5.78 Å². The second-order valence-corrected chi connectivity index (χ2v) is 4.21. The van der Waals surface area contributed by atoms with Crippen molar-refractivity contribution in [3.8, 4) is 11.5 Å². The highest BCUT2D eigenvalue weighted by Gasteiger charge is 2.10. The average Bonchev–Trinajstić information content (AvgIpc) is 2.89. The van der Waals surface area contributed by atoms with Gasteiger partial charge in [-0.05, 0) is 43.3 Å². The molecule has 0 amide bonds. The van der Waals surface area contributed by atoms with Gasteiger partial charge in [-0.15, -0.1) is 0 Å². The Morgan fingerprint density at radius 1 is 1.15 bits per heavy atom. The molecule has 4 nitrogen and oxygen atoms in total. The van der Waals surface area contributed by atoms with Crippen LogP contribution in [-0.2, 0) is 0 Å². The third kappa shape index (κ3) is 3.09. The molecule has 0 atom stereocenters. The molecule has 1 aromatic carbocycles. The minimum Gasteiger partial charge on any atom is -0.497 e. The zero-order chi connectivity index (χ0) is 14.5. The third-order valence-corrected chi connectivity index (χ3v) is 2.83. The van der Waals surface area contributed by atoms with Gasteiger partial charge in [-0.1, -0.05) is 0 Å². The number of allylic oxidation sites excluding steroid dienone is 1. The second kappa shape index (κ2) is 6.10. The molecule has 104 valence electrons. The quantitative estimate of drug-likeness (QED) is 0.617. The van der Waals surface area contributed by atoms with Crippen molar-refractivity contribution in [3.05, 3.63) is 53.5 Å². The van der Waals surface area contributed by atoms with Gasteiger partial charge in [0.25, 0.3) is 0 Å². The van der Waals surface area contributed by atoms with Gasteiger partial charge >= 0.3 is 0 Å². The Morgan fingerprint density at radius 2 is 1.95 bits per heavy atom. The van der Waals surface area contributed by atoms with Gasteiger partial charge in [0.05, 0.1) is 19.8 Å². The molecular formula is C16H16O4. The first kappa shape index (κ1) is 13.9.